The predicted molar refractivity (Wildman–Crippen MR) is 117 cm³/mol. The second kappa shape index (κ2) is 7.45. The van der Waals surface area contributed by atoms with Crippen molar-refractivity contribution in [2.45, 2.75) is 97.5 Å². The molecule has 5 nitrogen and oxygen atoms in total. The molecule has 2 bridgehead atoms. The Kier molecular flexibility index (Phi) is 5.42. The summed E-state index contributed by atoms with van der Waals surface area (Å²) in [6.07, 6.45) is 7.65. The van der Waals surface area contributed by atoms with Crippen LogP contribution in [-0.4, -0.2) is 29.9 Å². The van der Waals surface area contributed by atoms with E-state index >= 15 is 0 Å². The van der Waals surface area contributed by atoms with E-state index < -0.39 is 16.4 Å². The summed E-state index contributed by atoms with van der Waals surface area (Å²) < 4.78 is 11.6. The summed E-state index contributed by atoms with van der Waals surface area (Å²) in [4.78, 5) is 39.0. The van der Waals surface area contributed by atoms with Gasteiger partial charge in [0, 0.05) is 23.8 Å². The van der Waals surface area contributed by atoms with Crippen LogP contribution in [0.2, 0.25) is 0 Å². The van der Waals surface area contributed by atoms with Crippen LogP contribution in [0.15, 0.2) is 12.2 Å². The van der Waals surface area contributed by atoms with Crippen molar-refractivity contribution in [3.05, 3.63) is 12.2 Å². The number of esters is 2. The lowest BCUT2D eigenvalue weighted by atomic mass is 9.40. The van der Waals surface area contributed by atoms with E-state index in [9.17, 15) is 14.4 Å². The number of ether oxygens (including phenoxy) is 2. The minimum Gasteiger partial charge on any atom is -0.465 e. The van der Waals surface area contributed by atoms with Crippen molar-refractivity contribution in [1.29, 1.82) is 0 Å². The molecule has 1 spiro atoms. The van der Waals surface area contributed by atoms with Gasteiger partial charge in [-0.25, -0.2) is 0 Å². The first-order chi connectivity index (χ1) is 14.6. The molecule has 4 saturated carbocycles. The van der Waals surface area contributed by atoms with E-state index in [1.807, 2.05) is 6.92 Å². The Morgan fingerprint density at radius 3 is 2.45 bits per heavy atom. The molecule has 0 N–H and O–H groups in total. The van der Waals surface area contributed by atoms with Crippen LogP contribution >= 0.6 is 0 Å². The lowest BCUT2D eigenvalue weighted by Crippen LogP contribution is -2.60. The molecule has 4 fully saturated rings. The maximum Gasteiger partial charge on any atom is 0.312 e. The Bertz CT molecular complexity index is 817. The van der Waals surface area contributed by atoms with Crippen LogP contribution in [-0.2, 0) is 23.9 Å². The predicted octanol–water partition coefficient (Wildman–Crippen LogP) is 5.16. The van der Waals surface area contributed by atoms with E-state index in [1.54, 1.807) is 6.92 Å². The molecular weight excluding hydrogens is 392 g/mol. The third-order valence-electron chi connectivity index (χ3n) is 9.53. The number of carbonyl (C=O) groups excluding carboxylic acids is 3. The van der Waals surface area contributed by atoms with Gasteiger partial charge < -0.3 is 9.47 Å². The average molecular weight is 431 g/mol. The van der Waals surface area contributed by atoms with E-state index in [0.29, 0.717) is 31.4 Å². The van der Waals surface area contributed by atoms with Crippen LogP contribution in [0.3, 0.4) is 0 Å². The van der Waals surface area contributed by atoms with Crippen LogP contribution in [0, 0.1) is 28.1 Å². The Labute approximate surface area is 186 Å². The van der Waals surface area contributed by atoms with E-state index in [4.69, 9.17) is 9.47 Å². The standard InChI is InChI=1S/C26H38O5/c1-6-15-30-22(29)24(5)12-8-11-23(4)18(24)9-13-25-16-26(14-10-19(23)25,17(3)21(25)28)31-20(27)7-2/h18-19H,3,6-16H2,1-2,4-5H3/t18-,19-,23+,24+,25+,26-/m0/s1. The van der Waals surface area contributed by atoms with Crippen LogP contribution < -0.4 is 0 Å². The van der Waals surface area contributed by atoms with Crippen molar-refractivity contribution >= 4 is 17.7 Å². The van der Waals surface area contributed by atoms with Gasteiger partial charge in [-0.2, -0.15) is 0 Å². The number of rotatable bonds is 5. The SMILES string of the molecule is C=C1C(=O)[C@@]23CC[C@H]4[C@@](C)(CCC[C@@]4(C)C(=O)OCCC)[C@@H]2CC[C@]1(OC(=O)CC)C3. The molecule has 0 unspecified atom stereocenters. The molecule has 6 atom stereocenters. The molecule has 0 aromatic carbocycles. The Balaban J connectivity index is 1.68. The molecule has 4 aliphatic rings. The number of fused-ring (bicyclic) bond motifs is 3. The van der Waals surface area contributed by atoms with Crippen molar-refractivity contribution in [3.8, 4) is 0 Å². The van der Waals surface area contributed by atoms with Gasteiger partial charge in [-0.1, -0.05) is 33.8 Å². The van der Waals surface area contributed by atoms with Crippen LogP contribution in [0.1, 0.15) is 91.9 Å². The minimum atomic E-state index is -0.818. The molecule has 31 heavy (non-hydrogen) atoms. The number of Topliss-reactive ketones (excluding diaryl/α,β-unsaturated/α-hetero) is 1. The van der Waals surface area contributed by atoms with E-state index in [1.165, 1.54) is 0 Å². The third-order valence-corrected chi connectivity index (χ3v) is 9.53. The van der Waals surface area contributed by atoms with Crippen molar-refractivity contribution < 1.29 is 23.9 Å². The quantitative estimate of drug-likeness (QED) is 0.445. The smallest absolute Gasteiger partial charge is 0.312 e. The number of ketones is 1. The lowest BCUT2D eigenvalue weighted by Gasteiger charge is -2.63. The summed E-state index contributed by atoms with van der Waals surface area (Å²) in [6.45, 7) is 12.8. The number of hydrogen-bond donors (Lipinski definition) is 0. The second-order valence-electron chi connectivity index (χ2n) is 11.1. The first-order valence-corrected chi connectivity index (χ1v) is 12.2. The normalized spacial score (nSPS) is 43.7. The van der Waals surface area contributed by atoms with E-state index in [2.05, 4.69) is 20.4 Å². The monoisotopic (exact) mass is 430 g/mol. The van der Waals surface area contributed by atoms with Gasteiger partial charge in [-0.05, 0) is 69.1 Å². The summed E-state index contributed by atoms with van der Waals surface area (Å²) in [6, 6.07) is 0. The van der Waals surface area contributed by atoms with Gasteiger partial charge in [0.1, 0.15) is 5.60 Å². The summed E-state index contributed by atoms with van der Waals surface area (Å²) in [5, 5.41) is 0. The van der Waals surface area contributed by atoms with Crippen molar-refractivity contribution in [1.82, 2.24) is 0 Å². The van der Waals surface area contributed by atoms with Crippen LogP contribution in [0.5, 0.6) is 0 Å². The molecular formula is C26H38O5. The third kappa shape index (κ3) is 2.97. The topological polar surface area (TPSA) is 69.7 Å². The van der Waals surface area contributed by atoms with Gasteiger partial charge in [0.15, 0.2) is 5.78 Å². The number of carbonyl (C=O) groups is 3. The van der Waals surface area contributed by atoms with Gasteiger partial charge >= 0.3 is 11.9 Å². The molecule has 0 amide bonds. The zero-order valence-electron chi connectivity index (χ0n) is 19.7. The molecule has 0 heterocycles. The lowest BCUT2D eigenvalue weighted by molar-refractivity contribution is -0.195. The van der Waals surface area contributed by atoms with Gasteiger partial charge in [0.2, 0.25) is 0 Å². The fourth-order valence-electron chi connectivity index (χ4n) is 8.14. The second-order valence-corrected chi connectivity index (χ2v) is 11.1. The molecule has 5 heteroatoms. The molecule has 0 saturated heterocycles. The first kappa shape index (κ1) is 22.5. The number of hydrogen-bond acceptors (Lipinski definition) is 5. The fraction of sp³-hybridized carbons (Fsp3) is 0.808. The highest BCUT2D eigenvalue weighted by Gasteiger charge is 2.72. The van der Waals surface area contributed by atoms with E-state index in [0.717, 1.165) is 44.9 Å². The first-order valence-electron chi connectivity index (χ1n) is 12.2. The summed E-state index contributed by atoms with van der Waals surface area (Å²) in [5.41, 5.74) is -1.41. The van der Waals surface area contributed by atoms with Crippen molar-refractivity contribution in [3.63, 3.8) is 0 Å². The molecule has 4 aliphatic carbocycles. The molecule has 4 rings (SSSR count). The summed E-state index contributed by atoms with van der Waals surface area (Å²) >= 11 is 0. The molecule has 0 aromatic rings. The Morgan fingerprint density at radius 1 is 1.06 bits per heavy atom. The minimum absolute atomic E-state index is 0.0644. The summed E-state index contributed by atoms with van der Waals surface area (Å²) in [5.74, 6) is 0.191. The Morgan fingerprint density at radius 2 is 1.77 bits per heavy atom. The van der Waals surface area contributed by atoms with Gasteiger partial charge in [-0.3, -0.25) is 14.4 Å². The average Bonchev–Trinajstić information content (AvgIpc) is 2.89. The molecule has 172 valence electrons. The highest BCUT2D eigenvalue weighted by Crippen LogP contribution is 2.72. The molecule has 0 aromatic heterocycles. The maximum atomic E-state index is 13.7. The van der Waals surface area contributed by atoms with Gasteiger partial charge in [0.05, 0.1) is 12.0 Å². The van der Waals surface area contributed by atoms with Gasteiger partial charge in [-0.15, -0.1) is 0 Å². The van der Waals surface area contributed by atoms with Crippen LogP contribution in [0.4, 0.5) is 0 Å². The summed E-state index contributed by atoms with van der Waals surface area (Å²) in [7, 11) is 0. The van der Waals surface area contributed by atoms with Crippen molar-refractivity contribution in [2.75, 3.05) is 6.61 Å². The molecule has 0 radical (unpaired) electrons. The fourth-order valence-corrected chi connectivity index (χ4v) is 8.14. The zero-order chi connectivity index (χ0) is 22.7. The van der Waals surface area contributed by atoms with E-state index in [-0.39, 0.29) is 35.0 Å². The largest absolute Gasteiger partial charge is 0.465 e. The highest BCUT2D eigenvalue weighted by atomic mass is 16.6. The van der Waals surface area contributed by atoms with Gasteiger partial charge in [0.25, 0.3) is 0 Å². The highest BCUT2D eigenvalue weighted by molar-refractivity contribution is 6.05. The maximum absolute atomic E-state index is 13.7. The zero-order valence-corrected chi connectivity index (χ0v) is 19.7. The Hall–Kier alpha value is -1.65. The molecule has 0 aliphatic heterocycles. The van der Waals surface area contributed by atoms with Crippen molar-refractivity contribution in [2.24, 2.45) is 28.1 Å². The van der Waals surface area contributed by atoms with Crippen LogP contribution in [0.25, 0.3) is 0 Å².